The predicted octanol–water partition coefficient (Wildman–Crippen LogP) is 2.39. The van der Waals surface area contributed by atoms with E-state index in [0.717, 1.165) is 22.5 Å². The van der Waals surface area contributed by atoms with E-state index in [9.17, 15) is 9.59 Å². The number of hydrogen-bond donors (Lipinski definition) is 2. The largest absolute Gasteiger partial charge is 0.339 e. The van der Waals surface area contributed by atoms with Gasteiger partial charge in [0.25, 0.3) is 11.5 Å². The van der Waals surface area contributed by atoms with Crippen molar-refractivity contribution in [2.45, 2.75) is 20.8 Å². The highest BCUT2D eigenvalue weighted by molar-refractivity contribution is 5.78. The van der Waals surface area contributed by atoms with E-state index >= 15 is 0 Å². The zero-order valence-electron chi connectivity index (χ0n) is 14.6. The van der Waals surface area contributed by atoms with E-state index in [1.165, 1.54) is 10.7 Å². The van der Waals surface area contributed by atoms with Crippen molar-refractivity contribution < 1.29 is 0 Å². The molecule has 0 atom stereocenters. The summed E-state index contributed by atoms with van der Waals surface area (Å²) in [6, 6.07) is 11.0. The summed E-state index contributed by atoms with van der Waals surface area (Å²) in [5, 5.41) is 2.98. The van der Waals surface area contributed by atoms with Gasteiger partial charge in [0, 0.05) is 17.5 Å². The SMILES string of the molecule is Cc1ccc(-c2cc(=O)c3c(=O)n(-c4nc(C)cc(C)n4)[nH]c3[nH]2)cc1. The van der Waals surface area contributed by atoms with Gasteiger partial charge >= 0.3 is 0 Å². The molecule has 4 rings (SSSR count). The summed E-state index contributed by atoms with van der Waals surface area (Å²) in [6.45, 7) is 5.65. The van der Waals surface area contributed by atoms with Crippen LogP contribution in [0.15, 0.2) is 46.0 Å². The molecule has 0 bridgehead atoms. The molecule has 0 radical (unpaired) electrons. The van der Waals surface area contributed by atoms with Gasteiger partial charge in [-0.1, -0.05) is 29.8 Å². The average molecular weight is 347 g/mol. The summed E-state index contributed by atoms with van der Waals surface area (Å²) in [4.78, 5) is 36.9. The quantitative estimate of drug-likeness (QED) is 0.582. The molecule has 0 unspecified atom stereocenters. The number of aryl methyl sites for hydroxylation is 3. The molecule has 0 saturated carbocycles. The zero-order chi connectivity index (χ0) is 18.4. The zero-order valence-corrected chi connectivity index (χ0v) is 14.6. The molecule has 2 N–H and O–H groups in total. The van der Waals surface area contributed by atoms with Crippen LogP contribution in [0.4, 0.5) is 0 Å². The number of nitrogens with one attached hydrogen (secondary N) is 2. The van der Waals surface area contributed by atoms with Crippen LogP contribution in [-0.4, -0.2) is 24.7 Å². The highest BCUT2D eigenvalue weighted by Gasteiger charge is 2.15. The van der Waals surface area contributed by atoms with Crippen molar-refractivity contribution in [3.8, 4) is 17.2 Å². The maximum Gasteiger partial charge on any atom is 0.287 e. The van der Waals surface area contributed by atoms with Crippen LogP contribution < -0.4 is 11.0 Å². The van der Waals surface area contributed by atoms with Gasteiger partial charge in [-0.15, -0.1) is 0 Å². The summed E-state index contributed by atoms with van der Waals surface area (Å²) in [6.07, 6.45) is 0. The van der Waals surface area contributed by atoms with Crippen molar-refractivity contribution in [3.63, 3.8) is 0 Å². The fraction of sp³-hybridized carbons (Fsp3) is 0.158. The molecule has 3 aromatic heterocycles. The first-order valence-electron chi connectivity index (χ1n) is 8.20. The summed E-state index contributed by atoms with van der Waals surface area (Å²) in [5.74, 6) is 0.216. The number of hydrogen-bond acceptors (Lipinski definition) is 4. The van der Waals surface area contributed by atoms with Crippen molar-refractivity contribution in [3.05, 3.63) is 73.9 Å². The van der Waals surface area contributed by atoms with Crippen LogP contribution in [0.5, 0.6) is 0 Å². The Labute approximate surface area is 148 Å². The lowest BCUT2D eigenvalue weighted by atomic mass is 10.1. The Kier molecular flexibility index (Phi) is 3.57. The molecule has 1 aromatic carbocycles. The number of nitrogens with zero attached hydrogens (tertiary/aromatic N) is 3. The second-order valence-corrected chi connectivity index (χ2v) is 6.37. The van der Waals surface area contributed by atoms with Gasteiger partial charge in [-0.05, 0) is 32.4 Å². The van der Waals surface area contributed by atoms with E-state index in [0.29, 0.717) is 11.3 Å². The fourth-order valence-electron chi connectivity index (χ4n) is 2.97. The standard InChI is InChI=1S/C19H17N5O2/c1-10-4-6-13(7-5-10)14-9-15(25)16-17(22-14)23-24(18(16)26)19-20-11(2)8-12(3)21-19/h4-9H,1-3H3,(H2,22,23,25). The lowest BCUT2D eigenvalue weighted by Gasteiger charge is -2.03. The van der Waals surface area contributed by atoms with E-state index in [2.05, 4.69) is 20.1 Å². The van der Waals surface area contributed by atoms with Crippen LogP contribution in [0.1, 0.15) is 17.0 Å². The molecule has 130 valence electrons. The smallest absolute Gasteiger partial charge is 0.287 e. The van der Waals surface area contributed by atoms with Crippen LogP contribution in [0, 0.1) is 20.8 Å². The minimum absolute atomic E-state index is 0.0589. The van der Waals surface area contributed by atoms with E-state index in [4.69, 9.17) is 0 Å². The van der Waals surface area contributed by atoms with Gasteiger partial charge in [0.05, 0.1) is 5.69 Å². The van der Waals surface area contributed by atoms with Crippen LogP contribution in [0.3, 0.4) is 0 Å². The molecule has 4 aromatic rings. The Morgan fingerprint density at radius 1 is 0.923 bits per heavy atom. The lowest BCUT2D eigenvalue weighted by molar-refractivity contribution is 0.778. The summed E-state index contributed by atoms with van der Waals surface area (Å²) < 4.78 is 1.20. The Hall–Kier alpha value is -3.48. The maximum atomic E-state index is 12.7. The molecule has 26 heavy (non-hydrogen) atoms. The number of fused-ring (bicyclic) bond motifs is 1. The third-order valence-corrected chi connectivity index (χ3v) is 4.21. The van der Waals surface area contributed by atoms with Crippen LogP contribution >= 0.6 is 0 Å². The van der Waals surface area contributed by atoms with E-state index in [1.807, 2.05) is 51.1 Å². The molecule has 0 fully saturated rings. The number of benzene rings is 1. The molecule has 7 heteroatoms. The number of aromatic amines is 2. The predicted molar refractivity (Wildman–Crippen MR) is 99.8 cm³/mol. The van der Waals surface area contributed by atoms with E-state index in [1.54, 1.807) is 0 Å². The maximum absolute atomic E-state index is 12.7. The molecular formula is C19H17N5O2. The normalized spacial score (nSPS) is 11.2. The molecule has 0 spiro atoms. The molecule has 0 aliphatic heterocycles. The highest BCUT2D eigenvalue weighted by Crippen LogP contribution is 2.17. The molecule has 0 aliphatic rings. The molecule has 0 aliphatic carbocycles. The van der Waals surface area contributed by atoms with Crippen LogP contribution in [-0.2, 0) is 0 Å². The molecular weight excluding hydrogens is 330 g/mol. The molecule has 0 saturated heterocycles. The topological polar surface area (TPSA) is 96.4 Å². The molecule has 0 amide bonds. The minimum atomic E-state index is -0.471. The van der Waals surface area contributed by atoms with Gasteiger partial charge in [0.2, 0.25) is 0 Å². The van der Waals surface area contributed by atoms with E-state index in [-0.39, 0.29) is 16.8 Å². The third-order valence-electron chi connectivity index (χ3n) is 4.21. The van der Waals surface area contributed by atoms with Gasteiger partial charge in [0.1, 0.15) is 11.0 Å². The average Bonchev–Trinajstić information content (AvgIpc) is 2.92. The first-order valence-corrected chi connectivity index (χ1v) is 8.20. The van der Waals surface area contributed by atoms with E-state index < -0.39 is 5.56 Å². The van der Waals surface area contributed by atoms with Gasteiger partial charge in [0.15, 0.2) is 5.43 Å². The highest BCUT2D eigenvalue weighted by atomic mass is 16.1. The molecule has 3 heterocycles. The monoisotopic (exact) mass is 347 g/mol. The van der Waals surface area contributed by atoms with Gasteiger partial charge in [-0.3, -0.25) is 14.7 Å². The number of H-pyrrole nitrogens is 2. The minimum Gasteiger partial charge on any atom is -0.339 e. The lowest BCUT2D eigenvalue weighted by Crippen LogP contribution is -2.20. The number of aromatic nitrogens is 5. The molecule has 7 nitrogen and oxygen atoms in total. The van der Waals surface area contributed by atoms with Gasteiger partial charge < -0.3 is 4.98 Å². The van der Waals surface area contributed by atoms with Gasteiger partial charge in [-0.2, -0.15) is 4.68 Å². The summed E-state index contributed by atoms with van der Waals surface area (Å²) in [5.41, 5.74) is 3.64. The van der Waals surface area contributed by atoms with Gasteiger partial charge in [-0.25, -0.2) is 9.97 Å². The Balaban J connectivity index is 1.95. The summed E-state index contributed by atoms with van der Waals surface area (Å²) >= 11 is 0. The van der Waals surface area contributed by atoms with Crippen molar-refractivity contribution in [2.75, 3.05) is 0 Å². The number of rotatable bonds is 2. The Morgan fingerprint density at radius 3 is 2.23 bits per heavy atom. The first-order chi connectivity index (χ1) is 12.4. The van der Waals surface area contributed by atoms with Crippen LogP contribution in [0.2, 0.25) is 0 Å². The Bertz CT molecular complexity index is 1230. The van der Waals surface area contributed by atoms with Crippen molar-refractivity contribution in [2.24, 2.45) is 0 Å². The first kappa shape index (κ1) is 16.0. The van der Waals surface area contributed by atoms with Crippen molar-refractivity contribution >= 4 is 11.0 Å². The fourth-order valence-corrected chi connectivity index (χ4v) is 2.97. The number of pyridine rings is 1. The van der Waals surface area contributed by atoms with Crippen LogP contribution in [0.25, 0.3) is 28.2 Å². The second kappa shape index (κ2) is 5.80. The second-order valence-electron chi connectivity index (χ2n) is 6.37. The third kappa shape index (κ3) is 2.63. The Morgan fingerprint density at radius 2 is 1.58 bits per heavy atom. The van der Waals surface area contributed by atoms with Crippen molar-refractivity contribution in [1.82, 2.24) is 24.7 Å². The summed E-state index contributed by atoms with van der Waals surface area (Å²) in [7, 11) is 0. The van der Waals surface area contributed by atoms with Crippen molar-refractivity contribution in [1.29, 1.82) is 0 Å².